The van der Waals surface area contributed by atoms with E-state index >= 15 is 0 Å². The second-order valence-electron chi connectivity index (χ2n) is 11.5. The second kappa shape index (κ2) is 9.04. The third-order valence-electron chi connectivity index (χ3n) is 8.51. The maximum Gasteiger partial charge on any atom is 0.242 e. The molecule has 210 valence electrons. The fraction of sp³-hybridized carbons (Fsp3) is 0.273. The quantitative estimate of drug-likeness (QED) is 0.242. The topological polar surface area (TPSA) is 92.1 Å². The first-order valence-electron chi connectivity index (χ1n) is 14.2. The van der Waals surface area contributed by atoms with Gasteiger partial charge in [-0.3, -0.25) is 13.7 Å². The number of fused-ring (bicyclic) bond motifs is 3. The van der Waals surface area contributed by atoms with Crippen molar-refractivity contribution in [3.05, 3.63) is 87.3 Å². The fourth-order valence-corrected chi connectivity index (χ4v) is 5.76. The smallest absolute Gasteiger partial charge is 0.242 e. The van der Waals surface area contributed by atoms with Crippen LogP contribution in [0.15, 0.2) is 36.4 Å². The Bertz CT molecular complexity index is 1980. The van der Waals surface area contributed by atoms with Crippen molar-refractivity contribution in [1.82, 2.24) is 43.6 Å². The molecule has 42 heavy (non-hydrogen) atoms. The molecule has 0 saturated heterocycles. The van der Waals surface area contributed by atoms with Crippen molar-refractivity contribution >= 4 is 33.1 Å². The number of hydrogen-bond donors (Lipinski definition) is 0. The summed E-state index contributed by atoms with van der Waals surface area (Å²) in [6, 6.07) is 12.8. The summed E-state index contributed by atoms with van der Waals surface area (Å²) >= 11 is 0. The van der Waals surface area contributed by atoms with Crippen molar-refractivity contribution in [2.45, 2.75) is 62.3 Å². The Morgan fingerprint density at radius 3 is 0.833 bits per heavy atom. The van der Waals surface area contributed by atoms with E-state index in [4.69, 9.17) is 29.9 Å². The third kappa shape index (κ3) is 3.83. The third-order valence-corrected chi connectivity index (χ3v) is 8.51. The zero-order valence-electron chi connectivity index (χ0n) is 25.5. The van der Waals surface area contributed by atoms with Crippen LogP contribution in [-0.2, 0) is 0 Å². The van der Waals surface area contributed by atoms with Gasteiger partial charge in [0.25, 0.3) is 0 Å². The van der Waals surface area contributed by atoms with Gasteiger partial charge >= 0.3 is 0 Å². The molecule has 4 heterocycles. The van der Waals surface area contributed by atoms with Crippen LogP contribution in [0.2, 0.25) is 0 Å². The molecule has 0 radical (unpaired) electrons. The summed E-state index contributed by atoms with van der Waals surface area (Å²) in [5.74, 6) is 3.89. The van der Waals surface area contributed by atoms with Crippen LogP contribution in [-0.4, -0.2) is 43.6 Å². The summed E-state index contributed by atoms with van der Waals surface area (Å²) in [5, 5.41) is 0. The molecule has 0 fully saturated rings. The van der Waals surface area contributed by atoms with E-state index in [0.717, 1.165) is 50.6 Å². The molecular weight excluding hydrogens is 522 g/mol. The van der Waals surface area contributed by atoms with Crippen LogP contribution in [0.3, 0.4) is 0 Å². The lowest BCUT2D eigenvalue weighted by molar-refractivity contribution is 0.788. The largest absolute Gasteiger partial charge is 0.264 e. The van der Waals surface area contributed by atoms with Gasteiger partial charge in [-0.15, -0.1) is 0 Å². The molecule has 0 N–H and O–H groups in total. The Hall–Kier alpha value is -4.92. The minimum atomic E-state index is 0.494. The van der Waals surface area contributed by atoms with Crippen LogP contribution < -0.4 is 0 Å². The van der Waals surface area contributed by atoms with Crippen molar-refractivity contribution in [2.24, 2.45) is 0 Å². The number of aromatic nitrogens is 9. The molecule has 3 aromatic carbocycles. The van der Waals surface area contributed by atoms with E-state index in [-0.39, 0.29) is 0 Å². The zero-order valence-corrected chi connectivity index (χ0v) is 25.5. The lowest BCUT2D eigenvalue weighted by atomic mass is 10.1. The zero-order chi connectivity index (χ0) is 29.6. The van der Waals surface area contributed by atoms with Crippen molar-refractivity contribution in [1.29, 1.82) is 0 Å². The van der Waals surface area contributed by atoms with Crippen LogP contribution in [0.1, 0.15) is 50.9 Å². The number of aryl methyl sites for hydroxylation is 9. The highest BCUT2D eigenvalue weighted by atomic mass is 15.3. The summed E-state index contributed by atoms with van der Waals surface area (Å²) in [4.78, 5) is 29.9. The number of hydrogen-bond acceptors (Lipinski definition) is 6. The van der Waals surface area contributed by atoms with Gasteiger partial charge in [-0.1, -0.05) is 0 Å². The highest BCUT2D eigenvalue weighted by Gasteiger charge is 2.22. The van der Waals surface area contributed by atoms with Gasteiger partial charge in [0.15, 0.2) is 0 Å². The summed E-state index contributed by atoms with van der Waals surface area (Å²) in [5.41, 5.74) is 12.7. The summed E-state index contributed by atoms with van der Waals surface area (Å²) in [6.45, 7) is 18.6. The Kier molecular flexibility index (Phi) is 5.60. The van der Waals surface area contributed by atoms with Crippen molar-refractivity contribution < 1.29 is 0 Å². The highest BCUT2D eigenvalue weighted by molar-refractivity contribution is 5.82. The van der Waals surface area contributed by atoms with Crippen LogP contribution in [0.4, 0.5) is 0 Å². The fourth-order valence-electron chi connectivity index (χ4n) is 5.76. The van der Waals surface area contributed by atoms with Gasteiger partial charge in [0.1, 0.15) is 17.5 Å². The Morgan fingerprint density at radius 1 is 0.333 bits per heavy atom. The summed E-state index contributed by atoms with van der Waals surface area (Å²) < 4.78 is 6.05. The van der Waals surface area contributed by atoms with E-state index in [0.29, 0.717) is 17.8 Å². The van der Waals surface area contributed by atoms with E-state index in [1.165, 1.54) is 33.4 Å². The first-order chi connectivity index (χ1) is 20.0. The molecule has 0 aliphatic heterocycles. The number of nitrogens with zero attached hydrogens (tertiary/aromatic N) is 9. The minimum absolute atomic E-state index is 0.494. The first kappa shape index (κ1) is 26.0. The van der Waals surface area contributed by atoms with E-state index in [1.807, 2.05) is 34.5 Å². The number of imidazole rings is 3. The average molecular weight is 556 g/mol. The minimum Gasteiger partial charge on any atom is -0.264 e. The molecule has 0 bridgehead atoms. The molecule has 0 aliphatic carbocycles. The molecule has 7 rings (SSSR count). The van der Waals surface area contributed by atoms with Crippen LogP contribution in [0.25, 0.3) is 50.9 Å². The molecular formula is C33H33N9. The lowest BCUT2D eigenvalue weighted by Crippen LogP contribution is -2.15. The average Bonchev–Trinajstić information content (AvgIpc) is 3.53. The molecule has 4 aromatic heterocycles. The predicted octanol–water partition coefficient (Wildman–Crippen LogP) is 6.66. The molecule has 0 aliphatic rings. The molecule has 0 saturated carbocycles. The van der Waals surface area contributed by atoms with Crippen LogP contribution in [0.5, 0.6) is 0 Å². The molecule has 0 spiro atoms. The second-order valence-corrected chi connectivity index (χ2v) is 11.5. The standard InChI is InChI=1S/C33H33N9/c1-16-10-25-28(13-19(16)4)40(22(7)34-25)31-37-32(41-23(8)35-26-11-17(2)20(5)14-29(26)41)39-33(38-31)42-24(9)36-27-12-18(3)21(6)15-30(27)42/h10-15H,1-9H3. The first-order valence-corrected chi connectivity index (χ1v) is 14.2. The maximum atomic E-state index is 5.09. The SMILES string of the molecule is Cc1cc2nc(C)n(-c3nc(-n4c(C)nc5cc(C)c(C)cc54)nc(-n4c(C)nc5cc(C)c(C)cc54)n3)c2cc1C. The van der Waals surface area contributed by atoms with Gasteiger partial charge < -0.3 is 0 Å². The van der Waals surface area contributed by atoms with Gasteiger partial charge in [-0.05, 0) is 132 Å². The lowest BCUT2D eigenvalue weighted by Gasteiger charge is -2.14. The molecule has 7 aromatic rings. The normalized spacial score (nSPS) is 11.9. The predicted molar refractivity (Wildman–Crippen MR) is 166 cm³/mol. The summed E-state index contributed by atoms with van der Waals surface area (Å²) in [7, 11) is 0. The summed E-state index contributed by atoms with van der Waals surface area (Å²) in [6.07, 6.45) is 0. The van der Waals surface area contributed by atoms with E-state index in [9.17, 15) is 0 Å². The number of rotatable bonds is 3. The van der Waals surface area contributed by atoms with Crippen LogP contribution in [0, 0.1) is 62.3 Å². The molecule has 9 nitrogen and oxygen atoms in total. The van der Waals surface area contributed by atoms with Crippen molar-refractivity contribution in [2.75, 3.05) is 0 Å². The Labute approximate surface area is 244 Å². The van der Waals surface area contributed by atoms with Crippen LogP contribution >= 0.6 is 0 Å². The molecule has 0 unspecified atom stereocenters. The van der Waals surface area contributed by atoms with Gasteiger partial charge in [0.05, 0.1) is 33.1 Å². The monoisotopic (exact) mass is 555 g/mol. The number of benzene rings is 3. The van der Waals surface area contributed by atoms with E-state index in [2.05, 4.69) is 77.9 Å². The van der Waals surface area contributed by atoms with Gasteiger partial charge in [0.2, 0.25) is 17.8 Å². The Morgan fingerprint density at radius 2 is 0.571 bits per heavy atom. The Balaban J connectivity index is 1.58. The highest BCUT2D eigenvalue weighted by Crippen LogP contribution is 2.28. The van der Waals surface area contributed by atoms with Gasteiger partial charge in [0, 0.05) is 0 Å². The van der Waals surface area contributed by atoms with Crippen molar-refractivity contribution in [3.8, 4) is 17.8 Å². The molecule has 0 amide bonds. The molecule has 0 atom stereocenters. The van der Waals surface area contributed by atoms with E-state index < -0.39 is 0 Å². The molecule has 9 heteroatoms. The van der Waals surface area contributed by atoms with Crippen molar-refractivity contribution in [3.63, 3.8) is 0 Å². The maximum absolute atomic E-state index is 5.09. The van der Waals surface area contributed by atoms with Gasteiger partial charge in [-0.2, -0.15) is 15.0 Å². The van der Waals surface area contributed by atoms with E-state index in [1.54, 1.807) is 0 Å². The van der Waals surface area contributed by atoms with Gasteiger partial charge in [-0.25, -0.2) is 15.0 Å².